The average molecular weight is 319 g/mol. The van der Waals surface area contributed by atoms with E-state index >= 15 is 0 Å². The van der Waals surface area contributed by atoms with Crippen molar-refractivity contribution in [1.82, 2.24) is 14.7 Å². The zero-order valence-electron chi connectivity index (χ0n) is 12.3. The summed E-state index contributed by atoms with van der Waals surface area (Å²) in [4.78, 5) is 15.2. The molecule has 3 heterocycles. The second-order valence-corrected chi connectivity index (χ2v) is 7.04. The molecular formula is C15H17N3OS2. The first-order valence-electron chi connectivity index (χ1n) is 6.78. The smallest absolute Gasteiger partial charge is 0.268 e. The second-order valence-electron chi connectivity index (χ2n) is 4.97. The number of carbonyl (C=O) groups is 1. The molecule has 1 fully saturated rings. The molecule has 1 saturated heterocycles. The van der Waals surface area contributed by atoms with Crippen molar-refractivity contribution in [2.24, 2.45) is 7.05 Å². The number of aryl methyl sites for hydroxylation is 2. The fraction of sp³-hybridized carbons (Fsp3) is 0.333. The molecule has 4 nitrogen and oxygen atoms in total. The summed E-state index contributed by atoms with van der Waals surface area (Å²) in [6.07, 6.45) is 2.10. The van der Waals surface area contributed by atoms with Gasteiger partial charge in [0.2, 0.25) is 0 Å². The van der Waals surface area contributed by atoms with Crippen LogP contribution >= 0.6 is 23.1 Å². The quantitative estimate of drug-likeness (QED) is 0.852. The molecule has 6 heteroatoms. The van der Waals surface area contributed by atoms with Crippen molar-refractivity contribution < 1.29 is 4.79 Å². The average Bonchev–Trinajstić information content (AvgIpc) is 3.17. The van der Waals surface area contributed by atoms with Gasteiger partial charge < -0.3 is 4.90 Å². The standard InChI is InChI=1S/C15H17N3OS2/c1-10-12(11(2)17(3)16-10)9-14-18(6-8-21-14)15(19)13-5-4-7-20-13/h4-5,7,9H,6,8H2,1-3H3/b14-9+. The van der Waals surface area contributed by atoms with E-state index in [1.54, 1.807) is 11.8 Å². The van der Waals surface area contributed by atoms with Crippen LogP contribution < -0.4 is 0 Å². The zero-order valence-corrected chi connectivity index (χ0v) is 13.9. The Hall–Kier alpha value is -1.53. The van der Waals surface area contributed by atoms with E-state index in [1.807, 2.05) is 41.1 Å². The summed E-state index contributed by atoms with van der Waals surface area (Å²) in [5.74, 6) is 1.04. The van der Waals surface area contributed by atoms with Gasteiger partial charge >= 0.3 is 0 Å². The summed E-state index contributed by atoms with van der Waals surface area (Å²) in [6, 6.07) is 3.80. The number of thioether (sulfide) groups is 1. The molecule has 21 heavy (non-hydrogen) atoms. The lowest BCUT2D eigenvalue weighted by Crippen LogP contribution is -2.25. The van der Waals surface area contributed by atoms with Crippen LogP contribution in [0.3, 0.4) is 0 Å². The van der Waals surface area contributed by atoms with Gasteiger partial charge in [0.05, 0.1) is 15.6 Å². The van der Waals surface area contributed by atoms with Crippen LogP contribution in [-0.4, -0.2) is 32.9 Å². The first-order chi connectivity index (χ1) is 10.1. The molecule has 0 atom stereocenters. The minimum atomic E-state index is 0.0976. The highest BCUT2D eigenvalue weighted by atomic mass is 32.2. The van der Waals surface area contributed by atoms with E-state index in [9.17, 15) is 4.79 Å². The van der Waals surface area contributed by atoms with Gasteiger partial charge in [-0.2, -0.15) is 5.10 Å². The molecule has 0 spiro atoms. The third-order valence-electron chi connectivity index (χ3n) is 3.64. The van der Waals surface area contributed by atoms with Crippen molar-refractivity contribution in [3.63, 3.8) is 0 Å². The van der Waals surface area contributed by atoms with E-state index in [4.69, 9.17) is 0 Å². The minimum absolute atomic E-state index is 0.0976. The molecule has 2 aromatic heterocycles. The van der Waals surface area contributed by atoms with Crippen molar-refractivity contribution in [3.05, 3.63) is 44.4 Å². The summed E-state index contributed by atoms with van der Waals surface area (Å²) in [6.45, 7) is 4.83. The maximum absolute atomic E-state index is 12.5. The van der Waals surface area contributed by atoms with Gasteiger partial charge in [-0.15, -0.1) is 23.1 Å². The van der Waals surface area contributed by atoms with Gasteiger partial charge in [0, 0.05) is 30.6 Å². The Morgan fingerprint density at radius 2 is 2.24 bits per heavy atom. The molecule has 0 bridgehead atoms. The second kappa shape index (κ2) is 5.69. The highest BCUT2D eigenvalue weighted by Gasteiger charge is 2.26. The first kappa shape index (κ1) is 14.4. The van der Waals surface area contributed by atoms with Crippen LogP contribution in [0.1, 0.15) is 26.6 Å². The lowest BCUT2D eigenvalue weighted by molar-refractivity contribution is 0.0835. The molecule has 110 valence electrons. The molecule has 2 aromatic rings. The van der Waals surface area contributed by atoms with E-state index in [1.165, 1.54) is 11.3 Å². The van der Waals surface area contributed by atoms with E-state index in [0.29, 0.717) is 0 Å². The number of nitrogens with zero attached hydrogens (tertiary/aromatic N) is 3. The van der Waals surface area contributed by atoms with Crippen molar-refractivity contribution in [3.8, 4) is 0 Å². The van der Waals surface area contributed by atoms with Crippen molar-refractivity contribution in [2.45, 2.75) is 13.8 Å². The lowest BCUT2D eigenvalue weighted by Gasteiger charge is -2.16. The van der Waals surface area contributed by atoms with Crippen molar-refractivity contribution in [2.75, 3.05) is 12.3 Å². The fourth-order valence-corrected chi connectivity index (χ4v) is 4.09. The Morgan fingerprint density at radius 3 is 2.86 bits per heavy atom. The van der Waals surface area contributed by atoms with Crippen LogP contribution in [0.2, 0.25) is 0 Å². The number of aromatic nitrogens is 2. The van der Waals surface area contributed by atoms with Crippen LogP contribution in [0, 0.1) is 13.8 Å². The van der Waals surface area contributed by atoms with E-state index < -0.39 is 0 Å². The SMILES string of the molecule is Cc1nn(C)c(C)c1/C=C1/SCCN1C(=O)c1cccs1. The van der Waals surface area contributed by atoms with Crippen LogP contribution in [-0.2, 0) is 7.05 Å². The zero-order chi connectivity index (χ0) is 15.0. The van der Waals surface area contributed by atoms with Crippen LogP contribution in [0.4, 0.5) is 0 Å². The van der Waals surface area contributed by atoms with E-state index in [2.05, 4.69) is 18.1 Å². The lowest BCUT2D eigenvalue weighted by atomic mass is 10.2. The Balaban J connectivity index is 1.94. The monoisotopic (exact) mass is 319 g/mol. The molecule has 0 radical (unpaired) electrons. The highest BCUT2D eigenvalue weighted by molar-refractivity contribution is 8.03. The summed E-state index contributed by atoms with van der Waals surface area (Å²) >= 11 is 3.22. The normalized spacial score (nSPS) is 16.9. The molecule has 1 aliphatic rings. The van der Waals surface area contributed by atoms with Gasteiger partial charge in [-0.3, -0.25) is 9.48 Å². The summed E-state index contributed by atoms with van der Waals surface area (Å²) in [5, 5.41) is 7.39. The molecule has 1 amide bonds. The Morgan fingerprint density at radius 1 is 1.43 bits per heavy atom. The fourth-order valence-electron chi connectivity index (χ4n) is 2.41. The molecular weight excluding hydrogens is 302 g/mol. The van der Waals surface area contributed by atoms with Crippen LogP contribution in [0.5, 0.6) is 0 Å². The summed E-state index contributed by atoms with van der Waals surface area (Å²) < 4.78 is 1.88. The third-order valence-corrected chi connectivity index (χ3v) is 5.52. The predicted molar refractivity (Wildman–Crippen MR) is 88.5 cm³/mol. The number of hydrogen-bond acceptors (Lipinski definition) is 4. The van der Waals surface area contributed by atoms with Gasteiger partial charge in [0.15, 0.2) is 0 Å². The molecule has 1 aliphatic heterocycles. The van der Waals surface area contributed by atoms with Crippen molar-refractivity contribution in [1.29, 1.82) is 0 Å². The van der Waals surface area contributed by atoms with Crippen LogP contribution in [0.15, 0.2) is 22.5 Å². The van der Waals surface area contributed by atoms with E-state index in [-0.39, 0.29) is 5.91 Å². The molecule has 0 saturated carbocycles. The number of rotatable bonds is 2. The van der Waals surface area contributed by atoms with Crippen LogP contribution in [0.25, 0.3) is 6.08 Å². The first-order valence-corrected chi connectivity index (χ1v) is 8.64. The van der Waals surface area contributed by atoms with Gasteiger partial charge in [-0.25, -0.2) is 0 Å². The number of amides is 1. The predicted octanol–water partition coefficient (Wildman–Crippen LogP) is 3.29. The topological polar surface area (TPSA) is 38.1 Å². The molecule has 0 aliphatic carbocycles. The molecule has 0 aromatic carbocycles. The summed E-state index contributed by atoms with van der Waals surface area (Å²) in [5.41, 5.74) is 3.24. The van der Waals surface area contributed by atoms with Gasteiger partial charge in [-0.05, 0) is 31.4 Å². The third kappa shape index (κ3) is 2.65. The molecule has 0 N–H and O–H groups in total. The molecule has 0 unspecified atom stereocenters. The highest BCUT2D eigenvalue weighted by Crippen LogP contribution is 2.32. The van der Waals surface area contributed by atoms with Gasteiger partial charge in [-0.1, -0.05) is 6.07 Å². The van der Waals surface area contributed by atoms with Gasteiger partial charge in [0.25, 0.3) is 5.91 Å². The molecule has 3 rings (SSSR count). The Kier molecular flexibility index (Phi) is 3.91. The maximum atomic E-state index is 12.5. The van der Waals surface area contributed by atoms with Gasteiger partial charge in [0.1, 0.15) is 0 Å². The largest absolute Gasteiger partial charge is 0.301 e. The minimum Gasteiger partial charge on any atom is -0.301 e. The Bertz CT molecular complexity index is 701. The number of thiophene rings is 1. The number of carbonyl (C=O) groups excluding carboxylic acids is 1. The van der Waals surface area contributed by atoms with Crippen molar-refractivity contribution >= 4 is 35.1 Å². The summed E-state index contributed by atoms with van der Waals surface area (Å²) in [7, 11) is 1.95. The Labute approximate surface area is 132 Å². The number of hydrogen-bond donors (Lipinski definition) is 0. The maximum Gasteiger partial charge on any atom is 0.268 e. The van der Waals surface area contributed by atoms with E-state index in [0.717, 1.165) is 39.2 Å².